The van der Waals surface area contributed by atoms with Gasteiger partial charge in [0, 0.05) is 30.5 Å². The molecule has 0 saturated heterocycles. The van der Waals surface area contributed by atoms with E-state index in [-0.39, 0.29) is 5.91 Å². The lowest BCUT2D eigenvalue weighted by Crippen LogP contribution is -2.27. The van der Waals surface area contributed by atoms with Gasteiger partial charge < -0.3 is 5.32 Å². The van der Waals surface area contributed by atoms with Crippen LogP contribution >= 0.6 is 11.3 Å². The van der Waals surface area contributed by atoms with Gasteiger partial charge in [-0.25, -0.2) is 4.98 Å². The van der Waals surface area contributed by atoms with Gasteiger partial charge in [-0.15, -0.1) is 11.3 Å². The highest BCUT2D eigenvalue weighted by molar-refractivity contribution is 7.12. The molecule has 2 aromatic heterocycles. The van der Waals surface area contributed by atoms with Crippen molar-refractivity contribution in [3.8, 4) is 11.3 Å². The minimum absolute atomic E-state index is 0.102. The third kappa shape index (κ3) is 3.54. The summed E-state index contributed by atoms with van der Waals surface area (Å²) in [5.41, 5.74) is 3.58. The molecule has 0 aliphatic carbocycles. The number of benzene rings is 1. The van der Waals surface area contributed by atoms with Crippen LogP contribution in [0.25, 0.3) is 11.3 Å². The van der Waals surface area contributed by atoms with Crippen LogP contribution in [-0.2, 0) is 13.5 Å². The van der Waals surface area contributed by atoms with E-state index in [9.17, 15) is 4.79 Å². The lowest BCUT2D eigenvalue weighted by Gasteiger charge is -2.03. The Morgan fingerprint density at radius 3 is 2.67 bits per heavy atom. The van der Waals surface area contributed by atoms with Crippen LogP contribution in [0.1, 0.15) is 26.1 Å². The summed E-state index contributed by atoms with van der Waals surface area (Å²) in [5.74, 6) is -0.102. The van der Waals surface area contributed by atoms with E-state index in [0.717, 1.165) is 28.4 Å². The largest absolute Gasteiger partial charge is 0.350 e. The maximum atomic E-state index is 12.2. The van der Waals surface area contributed by atoms with Crippen molar-refractivity contribution < 1.29 is 4.79 Å². The average Bonchev–Trinajstić information content (AvgIpc) is 3.10. The van der Waals surface area contributed by atoms with Crippen molar-refractivity contribution >= 4 is 17.2 Å². The van der Waals surface area contributed by atoms with E-state index in [1.54, 1.807) is 29.1 Å². The van der Waals surface area contributed by atoms with E-state index >= 15 is 0 Å². The van der Waals surface area contributed by atoms with Crippen molar-refractivity contribution in [1.82, 2.24) is 20.1 Å². The number of amides is 1. The summed E-state index contributed by atoms with van der Waals surface area (Å²) in [5, 5.41) is 8.16. The number of aryl methyl sites for hydroxylation is 3. The van der Waals surface area contributed by atoms with Crippen LogP contribution < -0.4 is 5.32 Å². The van der Waals surface area contributed by atoms with Crippen LogP contribution in [0.15, 0.2) is 36.4 Å². The SMILES string of the molecule is Cc1cc(C(=O)NCCc2nc(-c3ccccc3)c(C)s2)n(C)n1. The molecule has 0 atom stereocenters. The number of rotatable bonds is 5. The van der Waals surface area contributed by atoms with Crippen molar-refractivity contribution in [3.05, 3.63) is 57.7 Å². The first kappa shape index (κ1) is 16.4. The highest BCUT2D eigenvalue weighted by atomic mass is 32.1. The van der Waals surface area contributed by atoms with Gasteiger partial charge in [-0.2, -0.15) is 5.10 Å². The minimum Gasteiger partial charge on any atom is -0.350 e. The van der Waals surface area contributed by atoms with Gasteiger partial charge >= 0.3 is 0 Å². The highest BCUT2D eigenvalue weighted by Gasteiger charge is 2.13. The summed E-state index contributed by atoms with van der Waals surface area (Å²) in [7, 11) is 1.78. The number of nitrogens with one attached hydrogen (secondary N) is 1. The summed E-state index contributed by atoms with van der Waals surface area (Å²) < 4.78 is 1.60. The Kier molecular flexibility index (Phi) is 4.76. The fraction of sp³-hybridized carbons (Fsp3) is 0.278. The number of aromatic nitrogens is 3. The van der Waals surface area contributed by atoms with Crippen LogP contribution in [0.4, 0.5) is 0 Å². The molecule has 1 aromatic carbocycles. The number of thiazole rings is 1. The summed E-state index contributed by atoms with van der Waals surface area (Å²) in [6.07, 6.45) is 0.723. The van der Waals surface area contributed by atoms with Gasteiger partial charge in [0.1, 0.15) is 5.69 Å². The number of hydrogen-bond acceptors (Lipinski definition) is 4. The third-order valence-corrected chi connectivity index (χ3v) is 4.78. The van der Waals surface area contributed by atoms with E-state index < -0.39 is 0 Å². The standard InChI is InChI=1S/C18H20N4OS/c1-12-11-15(22(3)21-12)18(23)19-10-9-16-20-17(13(2)24-16)14-7-5-4-6-8-14/h4-8,11H,9-10H2,1-3H3,(H,19,23). The van der Waals surface area contributed by atoms with Gasteiger partial charge in [-0.05, 0) is 19.9 Å². The first-order valence-electron chi connectivity index (χ1n) is 7.85. The molecular formula is C18H20N4OS. The fourth-order valence-corrected chi connectivity index (χ4v) is 3.57. The zero-order chi connectivity index (χ0) is 17.1. The molecule has 0 unspecified atom stereocenters. The minimum atomic E-state index is -0.102. The van der Waals surface area contributed by atoms with Crippen molar-refractivity contribution in [3.63, 3.8) is 0 Å². The molecule has 0 bridgehead atoms. The van der Waals surface area contributed by atoms with E-state index in [2.05, 4.69) is 29.5 Å². The lowest BCUT2D eigenvalue weighted by atomic mass is 10.1. The molecule has 0 aliphatic rings. The summed E-state index contributed by atoms with van der Waals surface area (Å²) in [4.78, 5) is 18.1. The Morgan fingerprint density at radius 2 is 2.00 bits per heavy atom. The molecule has 0 radical (unpaired) electrons. The van der Waals surface area contributed by atoms with Crippen molar-refractivity contribution in [1.29, 1.82) is 0 Å². The van der Waals surface area contributed by atoms with E-state index in [0.29, 0.717) is 12.2 Å². The van der Waals surface area contributed by atoms with Crippen LogP contribution in [0.2, 0.25) is 0 Å². The summed E-state index contributed by atoms with van der Waals surface area (Å²) in [6, 6.07) is 12.0. The molecule has 1 amide bonds. The third-order valence-electron chi connectivity index (χ3n) is 3.75. The Balaban J connectivity index is 1.62. The summed E-state index contributed by atoms with van der Waals surface area (Å²) in [6.45, 7) is 4.52. The molecule has 0 fully saturated rings. The Hall–Kier alpha value is -2.47. The monoisotopic (exact) mass is 340 g/mol. The predicted molar refractivity (Wildman–Crippen MR) is 96.3 cm³/mol. The second kappa shape index (κ2) is 6.97. The topological polar surface area (TPSA) is 59.8 Å². The quantitative estimate of drug-likeness (QED) is 0.776. The molecule has 5 nitrogen and oxygen atoms in total. The number of nitrogens with zero attached hydrogens (tertiary/aromatic N) is 3. The van der Waals surface area contributed by atoms with Crippen LogP contribution in [-0.4, -0.2) is 27.2 Å². The van der Waals surface area contributed by atoms with Crippen LogP contribution in [0.3, 0.4) is 0 Å². The molecule has 0 saturated carbocycles. The maximum absolute atomic E-state index is 12.2. The van der Waals surface area contributed by atoms with Crippen molar-refractivity contribution in [2.75, 3.05) is 6.54 Å². The number of hydrogen-bond donors (Lipinski definition) is 1. The molecule has 0 spiro atoms. The van der Waals surface area contributed by atoms with Gasteiger partial charge in [0.05, 0.1) is 16.4 Å². The molecule has 3 aromatic rings. The second-order valence-electron chi connectivity index (χ2n) is 5.68. The molecule has 3 rings (SSSR count). The Labute approximate surface area is 145 Å². The normalized spacial score (nSPS) is 10.8. The van der Waals surface area contributed by atoms with Gasteiger partial charge in [0.2, 0.25) is 0 Å². The molecule has 1 N–H and O–H groups in total. The number of carbonyl (C=O) groups is 1. The molecule has 24 heavy (non-hydrogen) atoms. The number of carbonyl (C=O) groups excluding carboxylic acids is 1. The zero-order valence-corrected chi connectivity index (χ0v) is 14.9. The Bertz CT molecular complexity index is 851. The van der Waals surface area contributed by atoms with Crippen LogP contribution in [0, 0.1) is 13.8 Å². The summed E-state index contributed by atoms with van der Waals surface area (Å²) >= 11 is 1.68. The average molecular weight is 340 g/mol. The van der Waals surface area contributed by atoms with Gasteiger partial charge in [0.25, 0.3) is 5.91 Å². The maximum Gasteiger partial charge on any atom is 0.269 e. The van der Waals surface area contributed by atoms with Crippen molar-refractivity contribution in [2.45, 2.75) is 20.3 Å². The smallest absolute Gasteiger partial charge is 0.269 e. The molecule has 124 valence electrons. The van der Waals surface area contributed by atoms with E-state index in [1.165, 1.54) is 4.88 Å². The second-order valence-corrected chi connectivity index (χ2v) is 6.97. The van der Waals surface area contributed by atoms with Crippen molar-refractivity contribution in [2.24, 2.45) is 7.05 Å². The highest BCUT2D eigenvalue weighted by Crippen LogP contribution is 2.27. The fourth-order valence-electron chi connectivity index (χ4n) is 2.62. The first-order chi connectivity index (χ1) is 11.5. The molecule has 2 heterocycles. The predicted octanol–water partition coefficient (Wildman–Crippen LogP) is 3.13. The zero-order valence-electron chi connectivity index (χ0n) is 14.0. The van der Waals surface area contributed by atoms with Gasteiger partial charge in [-0.1, -0.05) is 30.3 Å². The van der Waals surface area contributed by atoms with Gasteiger partial charge in [0.15, 0.2) is 0 Å². The van der Waals surface area contributed by atoms with E-state index in [4.69, 9.17) is 4.98 Å². The molecule has 0 aliphatic heterocycles. The van der Waals surface area contributed by atoms with E-state index in [1.807, 2.05) is 25.1 Å². The Morgan fingerprint density at radius 1 is 1.25 bits per heavy atom. The van der Waals surface area contributed by atoms with Crippen LogP contribution in [0.5, 0.6) is 0 Å². The molecular weight excluding hydrogens is 320 g/mol. The first-order valence-corrected chi connectivity index (χ1v) is 8.67. The van der Waals surface area contributed by atoms with Gasteiger partial charge in [-0.3, -0.25) is 9.48 Å². The molecule has 6 heteroatoms. The lowest BCUT2D eigenvalue weighted by molar-refractivity contribution is 0.0944.